The van der Waals surface area contributed by atoms with Gasteiger partial charge in [0.25, 0.3) is 0 Å². The van der Waals surface area contributed by atoms with E-state index in [2.05, 4.69) is 11.8 Å². The lowest BCUT2D eigenvalue weighted by atomic mass is 9.68. The smallest absolute Gasteiger partial charge is 0.149 e. The van der Waals surface area contributed by atoms with Gasteiger partial charge in [0, 0.05) is 6.42 Å². The number of hydrogen-bond acceptors (Lipinski definition) is 2. The molecule has 1 aliphatic carbocycles. The van der Waals surface area contributed by atoms with Gasteiger partial charge in [0.1, 0.15) is 5.78 Å². The van der Waals surface area contributed by atoms with Crippen LogP contribution in [0, 0.1) is 5.41 Å². The van der Waals surface area contributed by atoms with Gasteiger partial charge in [-0.1, -0.05) is 26.2 Å². The van der Waals surface area contributed by atoms with E-state index < -0.39 is 0 Å². The summed E-state index contributed by atoms with van der Waals surface area (Å²) < 4.78 is 0. The van der Waals surface area contributed by atoms with Crippen LogP contribution in [0.5, 0.6) is 0 Å². The molecule has 2 rings (SSSR count). The summed E-state index contributed by atoms with van der Waals surface area (Å²) in [7, 11) is 0. The zero-order valence-corrected chi connectivity index (χ0v) is 11.5. The van der Waals surface area contributed by atoms with Gasteiger partial charge >= 0.3 is 0 Å². The molecular weight excluding hydrogens is 210 g/mol. The van der Waals surface area contributed by atoms with E-state index in [4.69, 9.17) is 0 Å². The van der Waals surface area contributed by atoms with Gasteiger partial charge in [-0.25, -0.2) is 0 Å². The molecule has 0 aromatic heterocycles. The van der Waals surface area contributed by atoms with Gasteiger partial charge in [-0.05, 0) is 51.1 Å². The van der Waals surface area contributed by atoms with E-state index in [0.29, 0.717) is 17.6 Å². The zero-order valence-electron chi connectivity index (χ0n) is 11.5. The summed E-state index contributed by atoms with van der Waals surface area (Å²) in [5.41, 5.74) is 0.656. The highest BCUT2D eigenvalue weighted by Crippen LogP contribution is 2.44. The van der Waals surface area contributed by atoms with Crippen molar-refractivity contribution >= 4 is 5.78 Å². The molecule has 0 bridgehead atoms. The fourth-order valence-corrected chi connectivity index (χ4v) is 3.69. The molecule has 98 valence electrons. The van der Waals surface area contributed by atoms with Gasteiger partial charge in [-0.2, -0.15) is 0 Å². The number of piperidine rings is 1. The third-order valence-corrected chi connectivity index (χ3v) is 5.14. The maximum atomic E-state index is 11.7. The quantitative estimate of drug-likeness (QED) is 0.750. The normalized spacial score (nSPS) is 26.9. The molecule has 0 amide bonds. The molecule has 1 saturated carbocycles. The minimum Gasteiger partial charge on any atom is -0.298 e. The number of likely N-dealkylation sites (tertiary alicyclic amines) is 1. The van der Waals surface area contributed by atoms with Gasteiger partial charge in [-0.15, -0.1) is 0 Å². The number of hydrogen-bond donors (Lipinski definition) is 0. The molecule has 1 unspecified atom stereocenters. The Kier molecular flexibility index (Phi) is 4.24. The summed E-state index contributed by atoms with van der Waals surface area (Å²) in [4.78, 5) is 14.1. The second-order valence-electron chi connectivity index (χ2n) is 6.09. The molecule has 1 saturated heterocycles. The van der Waals surface area contributed by atoms with Gasteiger partial charge in [0.15, 0.2) is 0 Å². The Morgan fingerprint density at radius 3 is 2.24 bits per heavy atom. The predicted octanol–water partition coefficient (Wildman–Crippen LogP) is 3.40. The van der Waals surface area contributed by atoms with Crippen LogP contribution in [-0.4, -0.2) is 29.8 Å². The topological polar surface area (TPSA) is 20.3 Å². The van der Waals surface area contributed by atoms with E-state index in [0.717, 1.165) is 13.1 Å². The number of carbonyl (C=O) groups excluding carboxylic acids is 1. The molecule has 1 aliphatic heterocycles. The Morgan fingerprint density at radius 2 is 1.71 bits per heavy atom. The van der Waals surface area contributed by atoms with Crippen molar-refractivity contribution in [3.8, 4) is 0 Å². The first kappa shape index (κ1) is 13.1. The van der Waals surface area contributed by atoms with Crippen LogP contribution in [0.2, 0.25) is 0 Å². The molecule has 1 atom stereocenters. The molecule has 2 heteroatoms. The number of carbonyl (C=O) groups is 1. The molecule has 2 nitrogen and oxygen atoms in total. The summed E-state index contributed by atoms with van der Waals surface area (Å²) in [5, 5.41) is 0. The molecule has 2 fully saturated rings. The second-order valence-corrected chi connectivity index (χ2v) is 6.09. The zero-order chi connectivity index (χ0) is 12.3. The summed E-state index contributed by atoms with van der Waals surface area (Å²) in [5.74, 6) is 0.407. The first-order valence-corrected chi connectivity index (χ1v) is 7.44. The van der Waals surface area contributed by atoms with E-state index in [-0.39, 0.29) is 6.04 Å². The van der Waals surface area contributed by atoms with Crippen LogP contribution in [0.25, 0.3) is 0 Å². The van der Waals surface area contributed by atoms with Gasteiger partial charge in [-0.3, -0.25) is 9.69 Å². The average Bonchev–Trinajstić information content (AvgIpc) is 2.39. The van der Waals surface area contributed by atoms with Crippen LogP contribution in [0.15, 0.2) is 0 Å². The summed E-state index contributed by atoms with van der Waals surface area (Å²) in [6.45, 7) is 6.36. The maximum absolute atomic E-state index is 11.7. The van der Waals surface area contributed by atoms with Crippen molar-refractivity contribution in [3.63, 3.8) is 0 Å². The van der Waals surface area contributed by atoms with Crippen molar-refractivity contribution in [2.24, 2.45) is 5.41 Å². The molecule has 0 radical (unpaired) electrons. The molecule has 1 spiro atoms. The highest BCUT2D eigenvalue weighted by atomic mass is 16.1. The highest BCUT2D eigenvalue weighted by Gasteiger charge is 2.37. The highest BCUT2D eigenvalue weighted by molar-refractivity contribution is 5.83. The van der Waals surface area contributed by atoms with Crippen molar-refractivity contribution in [2.45, 2.75) is 71.3 Å². The first-order valence-electron chi connectivity index (χ1n) is 7.44. The third kappa shape index (κ3) is 2.90. The predicted molar refractivity (Wildman–Crippen MR) is 71.1 cm³/mol. The van der Waals surface area contributed by atoms with Crippen LogP contribution >= 0.6 is 0 Å². The Hall–Kier alpha value is -0.370. The number of nitrogens with zero attached hydrogens (tertiary/aromatic N) is 1. The molecule has 17 heavy (non-hydrogen) atoms. The van der Waals surface area contributed by atoms with E-state index in [1.165, 1.54) is 44.9 Å². The van der Waals surface area contributed by atoms with Gasteiger partial charge in [0.05, 0.1) is 6.04 Å². The lowest BCUT2D eigenvalue weighted by molar-refractivity contribution is -0.124. The monoisotopic (exact) mass is 237 g/mol. The lowest BCUT2D eigenvalue weighted by Gasteiger charge is -2.45. The summed E-state index contributed by atoms with van der Waals surface area (Å²) >= 11 is 0. The standard InChI is InChI=1S/C15H27NO/c1-3-14(17)13(2)16-11-9-15(10-12-16)7-5-4-6-8-15/h13H,3-12H2,1-2H3. The van der Waals surface area contributed by atoms with Crippen LogP contribution in [-0.2, 0) is 4.79 Å². The van der Waals surface area contributed by atoms with E-state index in [1.54, 1.807) is 0 Å². The number of ketones is 1. The van der Waals surface area contributed by atoms with E-state index in [1.807, 2.05) is 6.92 Å². The fraction of sp³-hybridized carbons (Fsp3) is 0.933. The largest absolute Gasteiger partial charge is 0.298 e. The average molecular weight is 237 g/mol. The van der Waals surface area contributed by atoms with Crippen molar-refractivity contribution < 1.29 is 4.79 Å². The number of rotatable bonds is 3. The minimum absolute atomic E-state index is 0.154. The Labute approximate surface area is 106 Å². The Balaban J connectivity index is 1.86. The second kappa shape index (κ2) is 5.51. The lowest BCUT2D eigenvalue weighted by Crippen LogP contribution is -2.47. The first-order chi connectivity index (χ1) is 8.17. The van der Waals surface area contributed by atoms with Gasteiger partial charge in [0.2, 0.25) is 0 Å². The van der Waals surface area contributed by atoms with Crippen LogP contribution in [0.4, 0.5) is 0 Å². The van der Waals surface area contributed by atoms with Crippen LogP contribution in [0.1, 0.15) is 65.2 Å². The fourth-order valence-electron chi connectivity index (χ4n) is 3.69. The summed E-state index contributed by atoms with van der Waals surface area (Å²) in [6.07, 6.45) is 10.5. The molecule has 0 aromatic rings. The maximum Gasteiger partial charge on any atom is 0.149 e. The van der Waals surface area contributed by atoms with Crippen LogP contribution < -0.4 is 0 Å². The van der Waals surface area contributed by atoms with E-state index in [9.17, 15) is 4.79 Å². The van der Waals surface area contributed by atoms with Crippen molar-refractivity contribution in [1.82, 2.24) is 4.90 Å². The summed E-state index contributed by atoms with van der Waals surface area (Å²) in [6, 6.07) is 0.154. The third-order valence-electron chi connectivity index (χ3n) is 5.14. The molecule has 0 aromatic carbocycles. The van der Waals surface area contributed by atoms with Gasteiger partial charge < -0.3 is 0 Å². The SMILES string of the molecule is CCC(=O)C(C)N1CCC2(CCCCC2)CC1. The van der Waals surface area contributed by atoms with Crippen molar-refractivity contribution in [2.75, 3.05) is 13.1 Å². The van der Waals surface area contributed by atoms with Crippen LogP contribution in [0.3, 0.4) is 0 Å². The number of Topliss-reactive ketones (excluding diaryl/α,β-unsaturated/α-hetero) is 1. The Bertz CT molecular complexity index is 258. The molecular formula is C15H27NO. The van der Waals surface area contributed by atoms with Crippen molar-refractivity contribution in [1.29, 1.82) is 0 Å². The molecule has 1 heterocycles. The molecule has 0 N–H and O–H groups in total. The van der Waals surface area contributed by atoms with E-state index >= 15 is 0 Å². The Morgan fingerprint density at radius 1 is 1.12 bits per heavy atom. The minimum atomic E-state index is 0.154. The molecule has 2 aliphatic rings. The van der Waals surface area contributed by atoms with Crippen molar-refractivity contribution in [3.05, 3.63) is 0 Å².